The van der Waals surface area contributed by atoms with Crippen LogP contribution in [0.15, 0.2) is 48.5 Å². The van der Waals surface area contributed by atoms with Crippen LogP contribution in [0.3, 0.4) is 0 Å². The fraction of sp³-hybridized carbons (Fsp3) is 0.316. The van der Waals surface area contributed by atoms with Crippen molar-refractivity contribution in [2.75, 3.05) is 36.4 Å². The Morgan fingerprint density at radius 2 is 1.76 bits per heavy atom. The lowest BCUT2D eigenvalue weighted by Gasteiger charge is -2.38. The van der Waals surface area contributed by atoms with Gasteiger partial charge in [0.25, 0.3) is 0 Å². The molecular formula is C19H21Cl2N3O. The van der Waals surface area contributed by atoms with Gasteiger partial charge in [-0.25, -0.2) is 0 Å². The van der Waals surface area contributed by atoms with Crippen LogP contribution in [0.5, 0.6) is 0 Å². The molecule has 1 fully saturated rings. The van der Waals surface area contributed by atoms with Gasteiger partial charge in [-0.05, 0) is 37.3 Å². The van der Waals surface area contributed by atoms with Gasteiger partial charge in [0.15, 0.2) is 0 Å². The third-order valence-corrected chi connectivity index (χ3v) is 5.08. The number of piperazine rings is 1. The quantitative estimate of drug-likeness (QED) is 0.869. The highest BCUT2D eigenvalue weighted by molar-refractivity contribution is 6.33. The standard InChI is InChI=1S/C19H21Cl2N3O/c1-14(19(25)22-16-6-4-5-15(20)13-16)23-9-11-24(12-10-23)18-8-3-2-7-17(18)21/h2-8,13-14H,9-12H2,1H3,(H,22,25). The summed E-state index contributed by atoms with van der Waals surface area (Å²) >= 11 is 12.2. The number of nitrogens with zero attached hydrogens (tertiary/aromatic N) is 2. The van der Waals surface area contributed by atoms with E-state index in [1.165, 1.54) is 0 Å². The zero-order valence-corrected chi connectivity index (χ0v) is 15.6. The van der Waals surface area contributed by atoms with Gasteiger partial charge in [-0.1, -0.05) is 41.4 Å². The van der Waals surface area contributed by atoms with E-state index in [4.69, 9.17) is 23.2 Å². The van der Waals surface area contributed by atoms with Crippen LogP contribution in [-0.4, -0.2) is 43.0 Å². The van der Waals surface area contributed by atoms with Crippen LogP contribution < -0.4 is 10.2 Å². The van der Waals surface area contributed by atoms with Gasteiger partial charge in [0.1, 0.15) is 0 Å². The van der Waals surface area contributed by atoms with Crippen molar-refractivity contribution in [1.29, 1.82) is 0 Å². The van der Waals surface area contributed by atoms with E-state index in [0.29, 0.717) is 5.02 Å². The van der Waals surface area contributed by atoms with Crippen LogP contribution in [-0.2, 0) is 4.79 Å². The smallest absolute Gasteiger partial charge is 0.241 e. The molecule has 0 spiro atoms. The fourth-order valence-corrected chi connectivity index (χ4v) is 3.48. The van der Waals surface area contributed by atoms with Crippen LogP contribution in [0.25, 0.3) is 0 Å². The molecule has 0 bridgehead atoms. The fourth-order valence-electron chi connectivity index (χ4n) is 3.04. The van der Waals surface area contributed by atoms with Crippen LogP contribution >= 0.6 is 23.2 Å². The van der Waals surface area contributed by atoms with Crippen molar-refractivity contribution in [1.82, 2.24) is 4.90 Å². The average Bonchev–Trinajstić information content (AvgIpc) is 2.62. The lowest BCUT2D eigenvalue weighted by molar-refractivity contribution is -0.120. The average molecular weight is 378 g/mol. The SMILES string of the molecule is CC(C(=O)Nc1cccc(Cl)c1)N1CCN(c2ccccc2Cl)CC1. The molecule has 1 saturated heterocycles. The monoisotopic (exact) mass is 377 g/mol. The summed E-state index contributed by atoms with van der Waals surface area (Å²) in [7, 11) is 0. The topological polar surface area (TPSA) is 35.6 Å². The molecule has 0 radical (unpaired) electrons. The number of carbonyl (C=O) groups is 1. The predicted molar refractivity (Wildman–Crippen MR) is 105 cm³/mol. The van der Waals surface area contributed by atoms with Crippen molar-refractivity contribution < 1.29 is 4.79 Å². The molecule has 2 aromatic rings. The third kappa shape index (κ3) is 4.46. The van der Waals surface area contributed by atoms with Crippen molar-refractivity contribution in [2.24, 2.45) is 0 Å². The molecule has 0 aromatic heterocycles. The zero-order chi connectivity index (χ0) is 17.8. The largest absolute Gasteiger partial charge is 0.368 e. The van der Waals surface area contributed by atoms with Crippen LogP contribution in [0.2, 0.25) is 10.0 Å². The van der Waals surface area contributed by atoms with E-state index in [-0.39, 0.29) is 11.9 Å². The molecule has 132 valence electrons. The van der Waals surface area contributed by atoms with E-state index in [1.54, 1.807) is 12.1 Å². The first-order chi connectivity index (χ1) is 12.0. The number of amides is 1. The van der Waals surface area contributed by atoms with Crippen molar-refractivity contribution >= 4 is 40.5 Å². The highest BCUT2D eigenvalue weighted by Crippen LogP contribution is 2.26. The minimum Gasteiger partial charge on any atom is -0.368 e. The molecule has 1 aliphatic rings. The summed E-state index contributed by atoms with van der Waals surface area (Å²) in [4.78, 5) is 17.0. The summed E-state index contributed by atoms with van der Waals surface area (Å²) < 4.78 is 0. The van der Waals surface area contributed by atoms with Gasteiger partial charge in [-0.3, -0.25) is 9.69 Å². The summed E-state index contributed by atoms with van der Waals surface area (Å²) in [5, 5.41) is 4.31. The highest BCUT2D eigenvalue weighted by Gasteiger charge is 2.26. The molecule has 25 heavy (non-hydrogen) atoms. The molecule has 3 rings (SSSR count). The zero-order valence-electron chi connectivity index (χ0n) is 14.1. The predicted octanol–water partition coefficient (Wildman–Crippen LogP) is 4.14. The Morgan fingerprint density at radius 3 is 2.44 bits per heavy atom. The van der Waals surface area contributed by atoms with Crippen molar-refractivity contribution in [2.45, 2.75) is 13.0 Å². The Morgan fingerprint density at radius 1 is 1.04 bits per heavy atom. The summed E-state index contributed by atoms with van der Waals surface area (Å²) in [6.07, 6.45) is 0. The molecule has 1 aliphatic heterocycles. The van der Waals surface area contributed by atoms with E-state index in [2.05, 4.69) is 15.1 Å². The number of rotatable bonds is 4. The number of carbonyl (C=O) groups excluding carboxylic acids is 1. The molecule has 0 aliphatic carbocycles. The summed E-state index contributed by atoms with van der Waals surface area (Å²) in [6, 6.07) is 14.9. The minimum absolute atomic E-state index is 0.0199. The molecule has 1 atom stereocenters. The van der Waals surface area contributed by atoms with E-state index in [0.717, 1.165) is 42.6 Å². The first-order valence-corrected chi connectivity index (χ1v) is 9.10. The molecule has 1 unspecified atom stereocenters. The summed E-state index contributed by atoms with van der Waals surface area (Å²) in [5.74, 6) is -0.0199. The Hall–Kier alpha value is -1.75. The normalized spacial score (nSPS) is 16.5. The maximum Gasteiger partial charge on any atom is 0.241 e. The summed E-state index contributed by atoms with van der Waals surface area (Å²) in [6.45, 7) is 5.26. The van der Waals surface area contributed by atoms with Crippen LogP contribution in [0, 0.1) is 0 Å². The van der Waals surface area contributed by atoms with Gasteiger partial charge >= 0.3 is 0 Å². The molecule has 4 nitrogen and oxygen atoms in total. The van der Waals surface area contributed by atoms with Gasteiger partial charge in [0.2, 0.25) is 5.91 Å². The number of anilines is 2. The van der Waals surface area contributed by atoms with E-state index in [1.807, 2.05) is 43.3 Å². The Balaban J connectivity index is 1.57. The number of nitrogens with one attached hydrogen (secondary N) is 1. The third-order valence-electron chi connectivity index (χ3n) is 4.53. The Labute approximate surface area is 158 Å². The van der Waals surface area contributed by atoms with Gasteiger partial charge in [0.05, 0.1) is 16.8 Å². The molecule has 6 heteroatoms. The molecule has 1 heterocycles. The second-order valence-electron chi connectivity index (χ2n) is 6.15. The van der Waals surface area contributed by atoms with E-state index in [9.17, 15) is 4.79 Å². The molecule has 2 aromatic carbocycles. The lowest BCUT2D eigenvalue weighted by Crippen LogP contribution is -2.52. The van der Waals surface area contributed by atoms with Gasteiger partial charge in [-0.2, -0.15) is 0 Å². The number of benzene rings is 2. The van der Waals surface area contributed by atoms with Gasteiger partial charge < -0.3 is 10.2 Å². The van der Waals surface area contributed by atoms with E-state index < -0.39 is 0 Å². The first kappa shape index (κ1) is 18.1. The minimum atomic E-state index is -0.202. The number of hydrogen-bond donors (Lipinski definition) is 1. The maximum atomic E-state index is 12.5. The van der Waals surface area contributed by atoms with Crippen molar-refractivity contribution in [3.63, 3.8) is 0 Å². The lowest BCUT2D eigenvalue weighted by atomic mass is 10.2. The van der Waals surface area contributed by atoms with Crippen LogP contribution in [0.4, 0.5) is 11.4 Å². The van der Waals surface area contributed by atoms with Gasteiger partial charge in [0, 0.05) is 36.9 Å². The number of para-hydroxylation sites is 1. The molecule has 1 N–H and O–H groups in total. The number of halogens is 2. The van der Waals surface area contributed by atoms with Gasteiger partial charge in [-0.15, -0.1) is 0 Å². The second-order valence-corrected chi connectivity index (χ2v) is 6.99. The Bertz CT molecular complexity index is 745. The van der Waals surface area contributed by atoms with Crippen molar-refractivity contribution in [3.05, 3.63) is 58.6 Å². The molecular weight excluding hydrogens is 357 g/mol. The Kier molecular flexibility index (Phi) is 5.84. The van der Waals surface area contributed by atoms with Crippen LogP contribution in [0.1, 0.15) is 6.92 Å². The van der Waals surface area contributed by atoms with Crippen molar-refractivity contribution in [3.8, 4) is 0 Å². The highest BCUT2D eigenvalue weighted by atomic mass is 35.5. The summed E-state index contributed by atoms with van der Waals surface area (Å²) in [5.41, 5.74) is 1.78. The molecule has 0 saturated carbocycles. The second kappa shape index (κ2) is 8.09. The van der Waals surface area contributed by atoms with E-state index >= 15 is 0 Å². The maximum absolute atomic E-state index is 12.5. The molecule has 1 amide bonds. The first-order valence-electron chi connectivity index (χ1n) is 8.34. The number of hydrogen-bond acceptors (Lipinski definition) is 3.